The number of ether oxygens (including phenoxy) is 2. The van der Waals surface area contributed by atoms with Gasteiger partial charge in [0.2, 0.25) is 0 Å². The molecule has 4 aliphatic rings. The zero-order chi connectivity index (χ0) is 21.5. The first-order chi connectivity index (χ1) is 14.1. The normalized spacial score (nSPS) is 49.8. The predicted molar refractivity (Wildman–Crippen MR) is 111 cm³/mol. The maximum absolute atomic E-state index is 13.5. The van der Waals surface area contributed by atoms with Gasteiger partial charge in [-0.1, -0.05) is 44.2 Å². The summed E-state index contributed by atoms with van der Waals surface area (Å²) >= 11 is 0. The van der Waals surface area contributed by atoms with Gasteiger partial charge in [-0.05, 0) is 50.0 Å². The molecule has 1 heterocycles. The number of aliphatic hydroxyl groups is 1. The van der Waals surface area contributed by atoms with E-state index in [0.717, 1.165) is 5.56 Å². The Kier molecular flexibility index (Phi) is 4.39. The van der Waals surface area contributed by atoms with Gasteiger partial charge in [0, 0.05) is 11.8 Å². The fraction of sp³-hybridized carbons (Fsp3) is 0.680. The summed E-state index contributed by atoms with van der Waals surface area (Å²) in [4.78, 5) is 26.8. The molecule has 1 N–H and O–H groups in total. The number of carbonyl (C=O) groups is 2. The standard InChI is InChI=1S/C25H32O5/c1-14-10-17(26)21(29-13-15-8-6-5-7-9-15)23(2)16(14)11-19(27)24(3)18(23)12-20-25(4,30-20)22(24)28/h5-9,14,16,18-21,27H,10-13H2,1-4H3/t14-,16+,18-,19-,20+,21+,23+,24+,25+/m1/s1. The zero-order valence-corrected chi connectivity index (χ0v) is 18.3. The van der Waals surface area contributed by atoms with Gasteiger partial charge in [-0.15, -0.1) is 0 Å². The van der Waals surface area contributed by atoms with Crippen molar-refractivity contribution in [3.8, 4) is 0 Å². The second-order valence-corrected chi connectivity index (χ2v) is 10.7. The molecule has 30 heavy (non-hydrogen) atoms. The number of hydrogen-bond donors (Lipinski definition) is 1. The van der Waals surface area contributed by atoms with E-state index in [4.69, 9.17) is 9.47 Å². The van der Waals surface area contributed by atoms with Gasteiger partial charge in [-0.2, -0.15) is 0 Å². The van der Waals surface area contributed by atoms with Crippen LogP contribution in [0, 0.1) is 28.6 Å². The molecule has 9 atom stereocenters. The largest absolute Gasteiger partial charge is 0.392 e. The average molecular weight is 413 g/mol. The van der Waals surface area contributed by atoms with E-state index in [1.54, 1.807) is 0 Å². The Morgan fingerprint density at radius 2 is 1.83 bits per heavy atom. The third-order valence-corrected chi connectivity index (χ3v) is 9.10. The fourth-order valence-corrected chi connectivity index (χ4v) is 7.33. The van der Waals surface area contributed by atoms with Crippen LogP contribution >= 0.6 is 0 Å². The van der Waals surface area contributed by atoms with Gasteiger partial charge in [0.15, 0.2) is 17.2 Å². The first kappa shape index (κ1) is 20.3. The fourth-order valence-electron chi connectivity index (χ4n) is 7.33. The van der Waals surface area contributed by atoms with Crippen LogP contribution in [0.4, 0.5) is 0 Å². The highest BCUT2D eigenvalue weighted by molar-refractivity contribution is 5.97. The molecule has 3 aliphatic carbocycles. The SMILES string of the molecule is C[C@@H]1CC(=O)[C@H](OCc2ccccc2)[C@@]2(C)[C@H]1C[C@@H](O)[C@@]1(C)C(=O)[C@@]3(C)O[C@H]3C[C@@H]12. The average Bonchev–Trinajstić information content (AvgIpc) is 3.39. The number of aliphatic hydroxyl groups excluding tert-OH is 1. The molecule has 0 radical (unpaired) electrons. The van der Waals surface area contributed by atoms with Crippen molar-refractivity contribution in [2.75, 3.05) is 0 Å². The molecule has 0 unspecified atom stereocenters. The third kappa shape index (κ3) is 2.52. The van der Waals surface area contributed by atoms with Gasteiger partial charge >= 0.3 is 0 Å². The van der Waals surface area contributed by atoms with Crippen molar-refractivity contribution in [2.24, 2.45) is 28.6 Å². The van der Waals surface area contributed by atoms with Crippen molar-refractivity contribution in [3.63, 3.8) is 0 Å². The molecule has 0 amide bonds. The van der Waals surface area contributed by atoms with E-state index in [-0.39, 0.29) is 35.4 Å². The Hall–Kier alpha value is -1.56. The molecule has 1 aromatic carbocycles. The number of Topliss-reactive ketones (excluding diaryl/α,β-unsaturated/α-hetero) is 2. The van der Waals surface area contributed by atoms with Crippen LogP contribution in [0.1, 0.15) is 52.5 Å². The number of rotatable bonds is 3. The minimum absolute atomic E-state index is 0.00379. The third-order valence-electron chi connectivity index (χ3n) is 9.10. The number of epoxide rings is 1. The molecule has 1 aromatic rings. The van der Waals surface area contributed by atoms with Crippen LogP contribution in [0.2, 0.25) is 0 Å². The van der Waals surface area contributed by atoms with Gasteiger partial charge in [0.1, 0.15) is 6.10 Å². The summed E-state index contributed by atoms with van der Waals surface area (Å²) in [5.41, 5.74) is -1.18. The van der Waals surface area contributed by atoms with Gasteiger partial charge in [-0.25, -0.2) is 0 Å². The summed E-state index contributed by atoms with van der Waals surface area (Å²) < 4.78 is 12.2. The summed E-state index contributed by atoms with van der Waals surface area (Å²) in [5.74, 6) is 0.241. The molecule has 0 bridgehead atoms. The van der Waals surface area contributed by atoms with Crippen molar-refractivity contribution < 1.29 is 24.2 Å². The quantitative estimate of drug-likeness (QED) is 0.771. The van der Waals surface area contributed by atoms with Crippen LogP contribution in [0.3, 0.4) is 0 Å². The molecule has 162 valence electrons. The molecule has 1 aliphatic heterocycles. The van der Waals surface area contributed by atoms with Gasteiger partial charge in [-0.3, -0.25) is 9.59 Å². The van der Waals surface area contributed by atoms with E-state index in [1.807, 2.05) is 44.2 Å². The molecule has 5 rings (SSSR count). The van der Waals surface area contributed by atoms with Crippen LogP contribution in [0.25, 0.3) is 0 Å². The van der Waals surface area contributed by atoms with Crippen LogP contribution in [0.5, 0.6) is 0 Å². The lowest BCUT2D eigenvalue weighted by Gasteiger charge is -2.63. The number of fused-ring (bicyclic) bond motifs is 4. The van der Waals surface area contributed by atoms with Crippen molar-refractivity contribution in [3.05, 3.63) is 35.9 Å². The smallest absolute Gasteiger partial charge is 0.175 e. The Bertz CT molecular complexity index is 883. The van der Waals surface area contributed by atoms with Crippen LogP contribution in [0.15, 0.2) is 30.3 Å². The molecule has 0 spiro atoms. The summed E-state index contributed by atoms with van der Waals surface area (Å²) in [7, 11) is 0. The molecule has 4 fully saturated rings. The first-order valence-electron chi connectivity index (χ1n) is 11.2. The van der Waals surface area contributed by atoms with Crippen molar-refractivity contribution in [1.82, 2.24) is 0 Å². The lowest BCUT2D eigenvalue weighted by Crippen LogP contribution is -2.69. The molecular formula is C25H32O5. The maximum Gasteiger partial charge on any atom is 0.175 e. The molecule has 1 saturated heterocycles. The molecule has 5 heteroatoms. The maximum atomic E-state index is 13.5. The van der Waals surface area contributed by atoms with E-state index in [1.165, 1.54) is 0 Å². The highest BCUT2D eigenvalue weighted by Crippen LogP contribution is 2.68. The summed E-state index contributed by atoms with van der Waals surface area (Å²) in [5, 5.41) is 11.2. The van der Waals surface area contributed by atoms with Gasteiger partial charge < -0.3 is 14.6 Å². The van der Waals surface area contributed by atoms with E-state index >= 15 is 0 Å². The van der Waals surface area contributed by atoms with E-state index in [2.05, 4.69) is 13.8 Å². The number of carbonyl (C=O) groups excluding carboxylic acids is 2. The van der Waals surface area contributed by atoms with Crippen molar-refractivity contribution >= 4 is 11.6 Å². The number of hydrogen-bond acceptors (Lipinski definition) is 5. The first-order valence-corrected chi connectivity index (χ1v) is 11.2. The van der Waals surface area contributed by atoms with E-state index < -0.39 is 28.6 Å². The number of benzene rings is 1. The summed E-state index contributed by atoms with van der Waals surface area (Å²) in [6, 6.07) is 9.89. The van der Waals surface area contributed by atoms with Gasteiger partial charge in [0.05, 0.1) is 24.2 Å². The highest BCUT2D eigenvalue weighted by atomic mass is 16.6. The minimum Gasteiger partial charge on any atom is -0.392 e. The van der Waals surface area contributed by atoms with Crippen LogP contribution < -0.4 is 0 Å². The van der Waals surface area contributed by atoms with Gasteiger partial charge in [0.25, 0.3) is 0 Å². The summed E-state index contributed by atoms with van der Waals surface area (Å²) in [6.45, 7) is 8.35. The molecule has 5 nitrogen and oxygen atoms in total. The Morgan fingerprint density at radius 1 is 1.13 bits per heavy atom. The predicted octanol–water partition coefficient (Wildman–Crippen LogP) is 3.32. The number of ketones is 2. The highest BCUT2D eigenvalue weighted by Gasteiger charge is 2.76. The lowest BCUT2D eigenvalue weighted by atomic mass is 9.41. The Morgan fingerprint density at radius 3 is 2.53 bits per heavy atom. The summed E-state index contributed by atoms with van der Waals surface area (Å²) in [6.07, 6.45) is 0.255. The van der Waals surface area contributed by atoms with E-state index in [9.17, 15) is 14.7 Å². The molecule has 0 aromatic heterocycles. The second-order valence-electron chi connectivity index (χ2n) is 10.7. The Balaban J connectivity index is 1.54. The van der Waals surface area contributed by atoms with Crippen LogP contribution in [-0.2, 0) is 25.7 Å². The lowest BCUT2D eigenvalue weighted by molar-refractivity contribution is -0.220. The monoisotopic (exact) mass is 412 g/mol. The minimum atomic E-state index is -0.918. The topological polar surface area (TPSA) is 76.1 Å². The molecular weight excluding hydrogens is 380 g/mol. The van der Waals surface area contributed by atoms with Crippen LogP contribution in [-0.4, -0.2) is 40.6 Å². The zero-order valence-electron chi connectivity index (χ0n) is 18.3. The van der Waals surface area contributed by atoms with Crippen molar-refractivity contribution in [2.45, 2.75) is 77.5 Å². The Labute approximate surface area is 178 Å². The molecule has 3 saturated carbocycles. The second kappa shape index (κ2) is 6.47. The van der Waals surface area contributed by atoms with E-state index in [0.29, 0.717) is 25.9 Å². The van der Waals surface area contributed by atoms with Crippen molar-refractivity contribution in [1.29, 1.82) is 0 Å².